The van der Waals surface area contributed by atoms with E-state index in [4.69, 9.17) is 0 Å². The van der Waals surface area contributed by atoms with Crippen molar-refractivity contribution in [3.05, 3.63) is 65.7 Å². The Morgan fingerprint density at radius 1 is 0.963 bits per heavy atom. The maximum Gasteiger partial charge on any atom is 0.246 e. The number of hydrogen-bond acceptors (Lipinski definition) is 3. The summed E-state index contributed by atoms with van der Waals surface area (Å²) < 4.78 is 54.0. The lowest BCUT2D eigenvalue weighted by Crippen LogP contribution is -2.35. The molecular formula is C20H24F2N2O2S. The van der Waals surface area contributed by atoms with Gasteiger partial charge in [-0.1, -0.05) is 36.4 Å². The fourth-order valence-electron chi connectivity index (χ4n) is 3.48. The van der Waals surface area contributed by atoms with E-state index in [1.807, 2.05) is 18.2 Å². The van der Waals surface area contributed by atoms with Crippen molar-refractivity contribution in [1.82, 2.24) is 9.62 Å². The summed E-state index contributed by atoms with van der Waals surface area (Å²) in [5.74, 6) is -1.74. The summed E-state index contributed by atoms with van der Waals surface area (Å²) in [5.41, 5.74) is 1.29. The second kappa shape index (κ2) is 8.91. The first kappa shape index (κ1) is 19.9. The van der Waals surface area contributed by atoms with Crippen LogP contribution in [0.15, 0.2) is 53.4 Å². The molecule has 0 amide bonds. The number of nitrogens with one attached hydrogen (secondary N) is 1. The van der Waals surface area contributed by atoms with Crippen molar-refractivity contribution in [2.75, 3.05) is 19.6 Å². The highest BCUT2D eigenvalue weighted by molar-refractivity contribution is 7.89. The summed E-state index contributed by atoms with van der Waals surface area (Å²) in [6.45, 7) is 3.04. The Labute approximate surface area is 159 Å². The smallest absolute Gasteiger partial charge is 0.246 e. The molecule has 0 aromatic heterocycles. The number of piperidine rings is 1. The van der Waals surface area contributed by atoms with E-state index in [0.717, 1.165) is 50.7 Å². The van der Waals surface area contributed by atoms with Crippen molar-refractivity contribution in [3.63, 3.8) is 0 Å². The molecule has 4 nitrogen and oxygen atoms in total. The van der Waals surface area contributed by atoms with Gasteiger partial charge in [0.15, 0.2) is 4.90 Å². The Morgan fingerprint density at radius 2 is 1.59 bits per heavy atom. The number of sulfonamides is 1. The van der Waals surface area contributed by atoms with Crippen LogP contribution < -0.4 is 4.72 Å². The molecule has 1 heterocycles. The first-order chi connectivity index (χ1) is 13.0. The van der Waals surface area contributed by atoms with E-state index in [1.54, 1.807) is 0 Å². The van der Waals surface area contributed by atoms with Crippen LogP contribution in [-0.2, 0) is 16.6 Å². The minimum atomic E-state index is -4.18. The van der Waals surface area contributed by atoms with Gasteiger partial charge in [-0.2, -0.15) is 0 Å². The lowest BCUT2D eigenvalue weighted by molar-refractivity contribution is 0.173. The van der Waals surface area contributed by atoms with Crippen molar-refractivity contribution >= 4 is 10.0 Å². The van der Waals surface area contributed by atoms with Gasteiger partial charge in [0, 0.05) is 13.1 Å². The first-order valence-electron chi connectivity index (χ1n) is 9.15. The topological polar surface area (TPSA) is 49.4 Å². The quantitative estimate of drug-likeness (QED) is 0.781. The average molecular weight is 394 g/mol. The van der Waals surface area contributed by atoms with Gasteiger partial charge < -0.3 is 0 Å². The molecular weight excluding hydrogens is 370 g/mol. The molecule has 0 spiro atoms. The van der Waals surface area contributed by atoms with Gasteiger partial charge in [0.2, 0.25) is 10.0 Å². The molecule has 0 radical (unpaired) electrons. The Balaban J connectivity index is 1.45. The van der Waals surface area contributed by atoms with Gasteiger partial charge in [0.05, 0.1) is 0 Å². The van der Waals surface area contributed by atoms with Crippen molar-refractivity contribution in [2.45, 2.75) is 30.7 Å². The lowest BCUT2D eigenvalue weighted by atomic mass is 9.93. The third-order valence-corrected chi connectivity index (χ3v) is 6.50. The van der Waals surface area contributed by atoms with Gasteiger partial charge >= 0.3 is 0 Å². The maximum atomic E-state index is 13.7. The largest absolute Gasteiger partial charge is 0.299 e. The number of benzene rings is 2. The van der Waals surface area contributed by atoms with Crippen LogP contribution in [0.2, 0.25) is 0 Å². The summed E-state index contributed by atoms with van der Waals surface area (Å²) in [4.78, 5) is 1.49. The van der Waals surface area contributed by atoms with Crippen LogP contribution in [0.1, 0.15) is 24.8 Å². The van der Waals surface area contributed by atoms with Crippen LogP contribution in [0, 0.1) is 17.6 Å². The molecule has 2 aromatic carbocycles. The Morgan fingerprint density at radius 3 is 2.22 bits per heavy atom. The van der Waals surface area contributed by atoms with Gasteiger partial charge in [-0.3, -0.25) is 4.90 Å². The van der Waals surface area contributed by atoms with E-state index in [2.05, 4.69) is 21.8 Å². The third-order valence-electron chi connectivity index (χ3n) is 4.99. The van der Waals surface area contributed by atoms with Crippen LogP contribution in [0.4, 0.5) is 8.78 Å². The van der Waals surface area contributed by atoms with Crippen LogP contribution >= 0.6 is 0 Å². The summed E-state index contributed by atoms with van der Waals surface area (Å²) in [5, 5.41) is 0. The van der Waals surface area contributed by atoms with Gasteiger partial charge in [0.1, 0.15) is 11.6 Å². The molecule has 0 aliphatic carbocycles. The molecule has 1 aliphatic rings. The van der Waals surface area contributed by atoms with Gasteiger partial charge in [-0.15, -0.1) is 0 Å². The summed E-state index contributed by atoms with van der Waals surface area (Å²) in [7, 11) is -4.18. The molecule has 1 N–H and O–H groups in total. The number of hydrogen-bond donors (Lipinski definition) is 1. The van der Waals surface area contributed by atoms with Crippen molar-refractivity contribution in [2.24, 2.45) is 5.92 Å². The molecule has 0 atom stereocenters. The number of rotatable bonds is 7. The highest BCUT2D eigenvalue weighted by Gasteiger charge is 2.24. The zero-order valence-electron chi connectivity index (χ0n) is 15.1. The van der Waals surface area contributed by atoms with Gasteiger partial charge in [0.25, 0.3) is 0 Å². The molecule has 0 bridgehead atoms. The average Bonchev–Trinajstić information content (AvgIpc) is 2.63. The third kappa shape index (κ3) is 5.34. The molecule has 27 heavy (non-hydrogen) atoms. The number of nitrogens with zero attached hydrogens (tertiary/aromatic N) is 1. The summed E-state index contributed by atoms with van der Waals surface area (Å²) in [6.07, 6.45) is 2.64. The number of likely N-dealkylation sites (tertiary alicyclic amines) is 1. The molecule has 2 aromatic rings. The number of halogens is 2. The lowest BCUT2D eigenvalue weighted by Gasteiger charge is -2.32. The highest BCUT2D eigenvalue weighted by atomic mass is 32.2. The molecule has 3 rings (SSSR count). The maximum absolute atomic E-state index is 13.7. The Kier molecular flexibility index (Phi) is 6.57. The molecule has 7 heteroatoms. The van der Waals surface area contributed by atoms with E-state index in [9.17, 15) is 17.2 Å². The Hall–Kier alpha value is -1.83. The van der Waals surface area contributed by atoms with Crippen molar-refractivity contribution in [3.8, 4) is 0 Å². The Bertz CT molecular complexity index is 831. The normalized spacial score (nSPS) is 16.5. The van der Waals surface area contributed by atoms with Gasteiger partial charge in [-0.25, -0.2) is 21.9 Å². The zero-order chi connectivity index (χ0) is 19.3. The van der Waals surface area contributed by atoms with E-state index in [1.165, 1.54) is 5.56 Å². The van der Waals surface area contributed by atoms with Crippen LogP contribution in [0.5, 0.6) is 0 Å². The standard InChI is InChI=1S/C20H24F2N2O2S/c21-18-7-4-8-19(22)20(18)27(25,26)23-12-9-16-10-13-24(14-11-16)15-17-5-2-1-3-6-17/h1-8,16,23H,9-15H2. The molecule has 1 saturated heterocycles. The predicted octanol–water partition coefficient (Wildman–Crippen LogP) is 3.55. The van der Waals surface area contributed by atoms with E-state index in [0.29, 0.717) is 12.3 Å². The van der Waals surface area contributed by atoms with Crippen LogP contribution in [-0.4, -0.2) is 33.0 Å². The van der Waals surface area contributed by atoms with E-state index in [-0.39, 0.29) is 6.54 Å². The molecule has 146 valence electrons. The minimum absolute atomic E-state index is 0.180. The fourth-order valence-corrected chi connectivity index (χ4v) is 4.66. The fraction of sp³-hybridized carbons (Fsp3) is 0.400. The van der Waals surface area contributed by atoms with Crippen molar-refractivity contribution in [1.29, 1.82) is 0 Å². The second-order valence-electron chi connectivity index (χ2n) is 6.94. The summed E-state index contributed by atoms with van der Waals surface area (Å²) >= 11 is 0. The van der Waals surface area contributed by atoms with E-state index < -0.39 is 26.6 Å². The van der Waals surface area contributed by atoms with Crippen LogP contribution in [0.25, 0.3) is 0 Å². The highest BCUT2D eigenvalue weighted by Crippen LogP contribution is 2.22. The monoisotopic (exact) mass is 394 g/mol. The SMILES string of the molecule is O=S(=O)(NCCC1CCN(Cc2ccccc2)CC1)c1c(F)cccc1F. The molecule has 1 aliphatic heterocycles. The van der Waals surface area contributed by atoms with E-state index >= 15 is 0 Å². The zero-order valence-corrected chi connectivity index (χ0v) is 15.9. The second-order valence-corrected chi connectivity index (χ2v) is 8.65. The van der Waals surface area contributed by atoms with Crippen molar-refractivity contribution < 1.29 is 17.2 Å². The first-order valence-corrected chi connectivity index (χ1v) is 10.6. The molecule has 0 saturated carbocycles. The molecule has 1 fully saturated rings. The predicted molar refractivity (Wildman–Crippen MR) is 101 cm³/mol. The van der Waals surface area contributed by atoms with Crippen LogP contribution in [0.3, 0.4) is 0 Å². The van der Waals surface area contributed by atoms with Gasteiger partial charge in [-0.05, 0) is 56.0 Å². The minimum Gasteiger partial charge on any atom is -0.299 e. The molecule has 0 unspecified atom stereocenters. The summed E-state index contributed by atoms with van der Waals surface area (Å²) in [6, 6.07) is 13.3.